The molecule has 0 unspecified atom stereocenters. The number of anilines is 2. The molecule has 5 nitrogen and oxygen atoms in total. The quantitative estimate of drug-likeness (QED) is 0.846. The number of hydrogen-bond acceptors (Lipinski definition) is 5. The molecule has 0 fully saturated rings. The van der Waals surface area contributed by atoms with Gasteiger partial charge in [-0.1, -0.05) is 13.8 Å². The minimum Gasteiger partial charge on any atom is -0.476 e. The molecule has 20 heavy (non-hydrogen) atoms. The van der Waals surface area contributed by atoms with Crippen LogP contribution in [-0.4, -0.2) is 11.6 Å². The van der Waals surface area contributed by atoms with E-state index in [0.717, 1.165) is 11.5 Å². The van der Waals surface area contributed by atoms with Gasteiger partial charge in [-0.25, -0.2) is 0 Å². The Balaban J connectivity index is 1.99. The van der Waals surface area contributed by atoms with Crippen molar-refractivity contribution in [1.29, 1.82) is 0 Å². The van der Waals surface area contributed by atoms with E-state index in [2.05, 4.69) is 24.1 Å². The molecule has 0 bridgehead atoms. The molecule has 0 aliphatic carbocycles. The van der Waals surface area contributed by atoms with E-state index in [1.807, 2.05) is 25.1 Å². The van der Waals surface area contributed by atoms with Gasteiger partial charge in [0.2, 0.25) is 5.88 Å². The van der Waals surface area contributed by atoms with Crippen LogP contribution in [0.25, 0.3) is 0 Å². The Hall–Kier alpha value is -2.17. The van der Waals surface area contributed by atoms with Crippen molar-refractivity contribution >= 4 is 11.5 Å². The van der Waals surface area contributed by atoms with Crippen molar-refractivity contribution in [1.82, 2.24) is 4.98 Å². The fraction of sp³-hybridized carbons (Fsp3) is 0.400. The molecule has 2 aromatic heterocycles. The molecule has 0 aliphatic heterocycles. The van der Waals surface area contributed by atoms with Gasteiger partial charge in [0.1, 0.15) is 17.3 Å². The van der Waals surface area contributed by atoms with Crippen molar-refractivity contribution in [2.24, 2.45) is 5.92 Å². The Kier molecular flexibility index (Phi) is 4.50. The zero-order valence-corrected chi connectivity index (χ0v) is 12.1. The average Bonchev–Trinajstić information content (AvgIpc) is 2.82. The van der Waals surface area contributed by atoms with Crippen LogP contribution in [0.5, 0.6) is 5.88 Å². The number of aryl methyl sites for hydroxylation is 1. The van der Waals surface area contributed by atoms with Crippen LogP contribution in [0.3, 0.4) is 0 Å². The van der Waals surface area contributed by atoms with Gasteiger partial charge < -0.3 is 20.2 Å². The number of pyridine rings is 1. The summed E-state index contributed by atoms with van der Waals surface area (Å²) in [6.45, 7) is 7.25. The van der Waals surface area contributed by atoms with E-state index < -0.39 is 0 Å². The first-order valence-electron chi connectivity index (χ1n) is 6.73. The van der Waals surface area contributed by atoms with Crippen molar-refractivity contribution in [3.05, 3.63) is 35.8 Å². The number of hydrogen-bond donors (Lipinski definition) is 2. The highest BCUT2D eigenvalue weighted by Crippen LogP contribution is 2.22. The van der Waals surface area contributed by atoms with Gasteiger partial charge in [0.05, 0.1) is 18.8 Å². The summed E-state index contributed by atoms with van der Waals surface area (Å²) in [6, 6.07) is 7.49. The maximum absolute atomic E-state index is 5.85. The minimum absolute atomic E-state index is 0.430. The number of rotatable bonds is 6. The molecule has 3 N–H and O–H groups in total. The molecule has 0 spiro atoms. The highest BCUT2D eigenvalue weighted by Gasteiger charge is 2.06. The van der Waals surface area contributed by atoms with E-state index in [-0.39, 0.29) is 0 Å². The number of nitrogens with one attached hydrogen (secondary N) is 1. The van der Waals surface area contributed by atoms with E-state index in [9.17, 15) is 0 Å². The summed E-state index contributed by atoms with van der Waals surface area (Å²) in [5.74, 6) is 3.38. The second-order valence-electron chi connectivity index (χ2n) is 5.16. The van der Waals surface area contributed by atoms with Crippen molar-refractivity contribution < 1.29 is 9.15 Å². The maximum Gasteiger partial charge on any atom is 0.239 e. The molecule has 0 aliphatic rings. The highest BCUT2D eigenvalue weighted by atomic mass is 16.5. The molecule has 5 heteroatoms. The third kappa shape index (κ3) is 3.91. The Morgan fingerprint density at radius 2 is 2.10 bits per heavy atom. The molecular weight excluding hydrogens is 254 g/mol. The average molecular weight is 275 g/mol. The van der Waals surface area contributed by atoms with Crippen LogP contribution in [0, 0.1) is 12.8 Å². The van der Waals surface area contributed by atoms with Crippen molar-refractivity contribution in [2.45, 2.75) is 27.3 Å². The molecule has 0 amide bonds. The molecule has 2 rings (SSSR count). The molecular formula is C15H21N3O2. The molecule has 0 aromatic carbocycles. The number of ether oxygens (including phenoxy) is 1. The normalized spacial score (nSPS) is 10.8. The Labute approximate surface area is 119 Å². The third-order valence-electron chi connectivity index (χ3n) is 2.68. The maximum atomic E-state index is 5.85. The summed E-state index contributed by atoms with van der Waals surface area (Å²) in [4.78, 5) is 4.37. The van der Waals surface area contributed by atoms with Crippen LogP contribution in [-0.2, 0) is 6.54 Å². The fourth-order valence-corrected chi connectivity index (χ4v) is 1.67. The molecule has 2 aromatic rings. The predicted molar refractivity (Wildman–Crippen MR) is 79.8 cm³/mol. The Morgan fingerprint density at radius 1 is 1.30 bits per heavy atom. The number of nitrogen functional groups attached to an aromatic ring is 1. The monoisotopic (exact) mass is 275 g/mol. The van der Waals surface area contributed by atoms with Crippen LogP contribution < -0.4 is 15.8 Å². The van der Waals surface area contributed by atoms with Crippen LogP contribution in [0.4, 0.5) is 11.5 Å². The summed E-state index contributed by atoms with van der Waals surface area (Å²) < 4.78 is 11.1. The molecule has 0 radical (unpaired) electrons. The van der Waals surface area contributed by atoms with Gasteiger partial charge in [0, 0.05) is 0 Å². The number of nitrogens with zero attached hydrogens (tertiary/aromatic N) is 1. The van der Waals surface area contributed by atoms with E-state index >= 15 is 0 Å². The highest BCUT2D eigenvalue weighted by molar-refractivity contribution is 5.53. The number of aromatic nitrogens is 1. The van der Waals surface area contributed by atoms with Crippen LogP contribution in [0.2, 0.25) is 0 Å². The lowest BCUT2D eigenvalue weighted by molar-refractivity contribution is 0.263. The van der Waals surface area contributed by atoms with Gasteiger partial charge in [0.25, 0.3) is 0 Å². The standard InChI is InChI=1S/C15H21N3O2/c1-10(2)9-19-15-13(16)6-7-14(18-15)17-8-12-5-4-11(3)20-12/h4-7,10H,8-9,16H2,1-3H3,(H,17,18). The molecule has 2 heterocycles. The summed E-state index contributed by atoms with van der Waals surface area (Å²) in [5, 5.41) is 3.19. The van der Waals surface area contributed by atoms with Gasteiger partial charge in [-0.15, -0.1) is 0 Å². The number of nitrogens with two attached hydrogens (primary N) is 1. The van der Waals surface area contributed by atoms with Crippen LogP contribution in [0.15, 0.2) is 28.7 Å². The first-order valence-corrected chi connectivity index (χ1v) is 6.73. The molecule has 0 saturated heterocycles. The van der Waals surface area contributed by atoms with Gasteiger partial charge >= 0.3 is 0 Å². The van der Waals surface area contributed by atoms with Crippen LogP contribution in [0.1, 0.15) is 25.4 Å². The van der Waals surface area contributed by atoms with Crippen LogP contribution >= 0.6 is 0 Å². The minimum atomic E-state index is 0.430. The predicted octanol–water partition coefficient (Wildman–Crippen LogP) is 3.21. The van der Waals surface area contributed by atoms with Gasteiger partial charge in [-0.05, 0) is 37.1 Å². The zero-order valence-electron chi connectivity index (χ0n) is 12.1. The Morgan fingerprint density at radius 3 is 2.75 bits per heavy atom. The van der Waals surface area contributed by atoms with E-state index in [1.54, 1.807) is 6.07 Å². The fourth-order valence-electron chi connectivity index (χ4n) is 1.67. The first-order chi connectivity index (χ1) is 9.54. The van der Waals surface area contributed by atoms with E-state index in [0.29, 0.717) is 36.5 Å². The van der Waals surface area contributed by atoms with Gasteiger partial charge in [-0.3, -0.25) is 0 Å². The lowest BCUT2D eigenvalue weighted by Gasteiger charge is -2.11. The SMILES string of the molecule is Cc1ccc(CNc2ccc(N)c(OCC(C)C)n2)o1. The lowest BCUT2D eigenvalue weighted by Crippen LogP contribution is -2.09. The zero-order chi connectivity index (χ0) is 14.5. The molecule has 108 valence electrons. The third-order valence-corrected chi connectivity index (χ3v) is 2.68. The van der Waals surface area contributed by atoms with Crippen molar-refractivity contribution in [2.75, 3.05) is 17.7 Å². The second kappa shape index (κ2) is 6.32. The summed E-state index contributed by atoms with van der Waals surface area (Å²) in [6.07, 6.45) is 0. The van der Waals surface area contributed by atoms with E-state index in [4.69, 9.17) is 14.9 Å². The summed E-state index contributed by atoms with van der Waals surface area (Å²) in [5.41, 5.74) is 6.40. The first kappa shape index (κ1) is 14.2. The largest absolute Gasteiger partial charge is 0.476 e. The van der Waals surface area contributed by atoms with Gasteiger partial charge in [0.15, 0.2) is 0 Å². The molecule has 0 saturated carbocycles. The van der Waals surface area contributed by atoms with Crippen molar-refractivity contribution in [3.8, 4) is 5.88 Å². The number of furan rings is 1. The van der Waals surface area contributed by atoms with Gasteiger partial charge in [-0.2, -0.15) is 4.98 Å². The smallest absolute Gasteiger partial charge is 0.239 e. The summed E-state index contributed by atoms with van der Waals surface area (Å²) >= 11 is 0. The second-order valence-corrected chi connectivity index (χ2v) is 5.16. The summed E-state index contributed by atoms with van der Waals surface area (Å²) in [7, 11) is 0. The topological polar surface area (TPSA) is 73.3 Å². The van der Waals surface area contributed by atoms with E-state index in [1.165, 1.54) is 0 Å². The van der Waals surface area contributed by atoms with Crippen molar-refractivity contribution in [3.63, 3.8) is 0 Å². The Bertz CT molecular complexity index is 564. The lowest BCUT2D eigenvalue weighted by atomic mass is 10.2. The molecule has 0 atom stereocenters.